The van der Waals surface area contributed by atoms with Crippen LogP contribution in [-0.2, 0) is 6.42 Å². The van der Waals surface area contributed by atoms with Crippen molar-refractivity contribution in [2.75, 3.05) is 0 Å². The lowest BCUT2D eigenvalue weighted by Crippen LogP contribution is -2.08. The molecule has 132 valence electrons. The summed E-state index contributed by atoms with van der Waals surface area (Å²) in [5.41, 5.74) is 5.98. The summed E-state index contributed by atoms with van der Waals surface area (Å²) in [4.78, 5) is 11.9. The molecule has 0 atom stereocenters. The quantitative estimate of drug-likeness (QED) is 0.568. The van der Waals surface area contributed by atoms with E-state index in [1.54, 1.807) is 6.07 Å². The molecular weight excluding hydrogens is 308 g/mol. The van der Waals surface area contributed by atoms with Gasteiger partial charge in [0.25, 0.3) is 0 Å². The second kappa shape index (κ2) is 9.22. The van der Waals surface area contributed by atoms with E-state index in [1.807, 2.05) is 24.3 Å². The minimum atomic E-state index is -0.845. The third-order valence-corrected chi connectivity index (χ3v) is 4.54. The first-order valence-electron chi connectivity index (χ1n) is 9.20. The molecule has 2 aromatic carbocycles. The molecule has 0 aliphatic rings. The van der Waals surface area contributed by atoms with Gasteiger partial charge < -0.3 is 5.11 Å². The third kappa shape index (κ3) is 4.82. The van der Waals surface area contributed by atoms with Gasteiger partial charge in [-0.15, -0.1) is 0 Å². The molecule has 0 saturated heterocycles. The Morgan fingerprint density at radius 2 is 1.76 bits per heavy atom. The van der Waals surface area contributed by atoms with E-state index in [1.165, 1.54) is 11.1 Å². The Kier molecular flexibility index (Phi) is 7.00. The summed E-state index contributed by atoms with van der Waals surface area (Å²) in [6.45, 7) is 6.39. The van der Waals surface area contributed by atoms with Gasteiger partial charge >= 0.3 is 5.97 Å². The Morgan fingerprint density at radius 3 is 2.36 bits per heavy atom. The number of carboxylic acids is 1. The van der Waals surface area contributed by atoms with Crippen molar-refractivity contribution >= 4 is 17.6 Å². The largest absolute Gasteiger partial charge is 0.478 e. The molecule has 0 amide bonds. The van der Waals surface area contributed by atoms with Crippen LogP contribution in [0.25, 0.3) is 11.6 Å². The highest BCUT2D eigenvalue weighted by atomic mass is 16.4. The van der Waals surface area contributed by atoms with Gasteiger partial charge in [0.15, 0.2) is 0 Å². The van der Waals surface area contributed by atoms with E-state index in [0.29, 0.717) is 5.56 Å². The molecule has 0 aromatic heterocycles. The number of hydrogen-bond donors (Lipinski definition) is 1. The van der Waals surface area contributed by atoms with Crippen LogP contribution in [0.5, 0.6) is 0 Å². The van der Waals surface area contributed by atoms with Crippen LogP contribution in [0, 0.1) is 6.92 Å². The molecule has 0 unspecified atom stereocenters. The van der Waals surface area contributed by atoms with E-state index >= 15 is 0 Å². The predicted octanol–water partition coefficient (Wildman–Crippen LogP) is 6.38. The molecule has 0 heterocycles. The fourth-order valence-corrected chi connectivity index (χ4v) is 3.26. The summed E-state index contributed by atoms with van der Waals surface area (Å²) in [7, 11) is 0. The van der Waals surface area contributed by atoms with Gasteiger partial charge in [-0.3, -0.25) is 0 Å². The Morgan fingerprint density at radius 1 is 1.04 bits per heavy atom. The van der Waals surface area contributed by atoms with Gasteiger partial charge in [-0.25, -0.2) is 4.79 Å². The van der Waals surface area contributed by atoms with Crippen LogP contribution in [0.3, 0.4) is 0 Å². The van der Waals surface area contributed by atoms with Crippen LogP contribution in [-0.4, -0.2) is 11.1 Å². The molecule has 0 saturated carbocycles. The van der Waals surface area contributed by atoms with Crippen molar-refractivity contribution in [3.63, 3.8) is 0 Å². The average molecular weight is 336 g/mol. The zero-order valence-electron chi connectivity index (χ0n) is 15.5. The number of rotatable bonds is 8. The normalized spacial score (nSPS) is 11.6. The zero-order valence-corrected chi connectivity index (χ0v) is 15.5. The minimum Gasteiger partial charge on any atom is -0.478 e. The maximum Gasteiger partial charge on any atom is 0.336 e. The Balaban J connectivity index is 2.68. The molecule has 0 radical (unpaired) electrons. The summed E-state index contributed by atoms with van der Waals surface area (Å²) in [6, 6.07) is 13.9. The van der Waals surface area contributed by atoms with Gasteiger partial charge in [0, 0.05) is 0 Å². The lowest BCUT2D eigenvalue weighted by molar-refractivity contribution is 0.0696. The molecular formula is C23H28O2. The van der Waals surface area contributed by atoms with Crippen LogP contribution in [0.1, 0.15) is 72.1 Å². The van der Waals surface area contributed by atoms with E-state index in [9.17, 15) is 9.90 Å². The SMILES string of the molecule is CCCCC(=Cc1ccccc1)c1c(C(=O)O)ccc(C)c1CCC. The van der Waals surface area contributed by atoms with Crippen molar-refractivity contribution < 1.29 is 9.90 Å². The summed E-state index contributed by atoms with van der Waals surface area (Å²) in [5, 5.41) is 9.76. The maximum absolute atomic E-state index is 11.9. The molecule has 1 N–H and O–H groups in total. The van der Waals surface area contributed by atoms with Crippen LogP contribution in [0.2, 0.25) is 0 Å². The van der Waals surface area contributed by atoms with Gasteiger partial charge in [0.2, 0.25) is 0 Å². The van der Waals surface area contributed by atoms with Gasteiger partial charge in [0.1, 0.15) is 0 Å². The lowest BCUT2D eigenvalue weighted by Gasteiger charge is -2.18. The van der Waals surface area contributed by atoms with E-state index in [2.05, 4.69) is 39.0 Å². The third-order valence-electron chi connectivity index (χ3n) is 4.54. The topological polar surface area (TPSA) is 37.3 Å². The van der Waals surface area contributed by atoms with E-state index < -0.39 is 5.97 Å². The van der Waals surface area contributed by atoms with Crippen molar-refractivity contribution in [3.05, 3.63) is 70.3 Å². The van der Waals surface area contributed by atoms with Crippen molar-refractivity contribution in [3.8, 4) is 0 Å². The fourth-order valence-electron chi connectivity index (χ4n) is 3.26. The van der Waals surface area contributed by atoms with Crippen molar-refractivity contribution in [1.29, 1.82) is 0 Å². The second-order valence-electron chi connectivity index (χ2n) is 6.52. The average Bonchev–Trinajstić information content (AvgIpc) is 2.61. The lowest BCUT2D eigenvalue weighted by atomic mass is 9.86. The Bertz CT molecular complexity index is 742. The molecule has 2 nitrogen and oxygen atoms in total. The number of carbonyl (C=O) groups is 1. The van der Waals surface area contributed by atoms with E-state index in [0.717, 1.165) is 48.8 Å². The summed E-state index contributed by atoms with van der Waals surface area (Å²) >= 11 is 0. The van der Waals surface area contributed by atoms with Crippen LogP contribution in [0.15, 0.2) is 42.5 Å². The summed E-state index contributed by atoms with van der Waals surface area (Å²) < 4.78 is 0. The molecule has 0 fully saturated rings. The highest BCUT2D eigenvalue weighted by Crippen LogP contribution is 2.32. The van der Waals surface area contributed by atoms with Crippen LogP contribution >= 0.6 is 0 Å². The van der Waals surface area contributed by atoms with Gasteiger partial charge in [-0.1, -0.05) is 69.2 Å². The fraction of sp³-hybridized carbons (Fsp3) is 0.348. The molecule has 2 rings (SSSR count). The first-order valence-corrected chi connectivity index (χ1v) is 9.20. The molecule has 0 aliphatic carbocycles. The molecule has 2 aromatic rings. The zero-order chi connectivity index (χ0) is 18.2. The number of aromatic carboxylic acids is 1. The van der Waals surface area contributed by atoms with E-state index in [4.69, 9.17) is 0 Å². The van der Waals surface area contributed by atoms with Crippen LogP contribution in [0.4, 0.5) is 0 Å². The molecule has 0 aliphatic heterocycles. The monoisotopic (exact) mass is 336 g/mol. The van der Waals surface area contributed by atoms with E-state index in [-0.39, 0.29) is 0 Å². The standard InChI is InChI=1S/C23H28O2/c1-4-6-13-19(16-18-11-8-7-9-12-18)22-20(10-5-2)17(3)14-15-21(22)23(24)25/h7-9,11-12,14-16H,4-6,10,13H2,1-3H3,(H,24,25). The van der Waals surface area contributed by atoms with Gasteiger partial charge in [-0.2, -0.15) is 0 Å². The van der Waals surface area contributed by atoms with Crippen molar-refractivity contribution in [2.24, 2.45) is 0 Å². The molecule has 0 bridgehead atoms. The smallest absolute Gasteiger partial charge is 0.336 e. The van der Waals surface area contributed by atoms with Crippen molar-refractivity contribution in [1.82, 2.24) is 0 Å². The number of benzene rings is 2. The highest BCUT2D eigenvalue weighted by molar-refractivity contribution is 5.98. The first-order chi connectivity index (χ1) is 12.1. The predicted molar refractivity (Wildman–Crippen MR) is 106 cm³/mol. The summed E-state index contributed by atoms with van der Waals surface area (Å²) in [5.74, 6) is -0.845. The number of allylic oxidation sites excluding steroid dienone is 1. The Hall–Kier alpha value is -2.35. The minimum absolute atomic E-state index is 0.423. The number of carboxylic acid groups (broad SMARTS) is 1. The van der Waals surface area contributed by atoms with Gasteiger partial charge in [-0.05, 0) is 60.1 Å². The molecule has 2 heteroatoms. The maximum atomic E-state index is 11.9. The highest BCUT2D eigenvalue weighted by Gasteiger charge is 2.19. The van der Waals surface area contributed by atoms with Gasteiger partial charge in [0.05, 0.1) is 5.56 Å². The van der Waals surface area contributed by atoms with Crippen LogP contribution < -0.4 is 0 Å². The number of hydrogen-bond acceptors (Lipinski definition) is 1. The first kappa shape index (κ1) is 19.0. The number of aryl methyl sites for hydroxylation is 1. The Labute approximate surface area is 151 Å². The molecule has 25 heavy (non-hydrogen) atoms. The molecule has 0 spiro atoms. The van der Waals surface area contributed by atoms with Crippen molar-refractivity contribution in [2.45, 2.75) is 52.9 Å². The number of unbranched alkanes of at least 4 members (excludes halogenated alkanes) is 1. The second-order valence-corrected chi connectivity index (χ2v) is 6.52. The summed E-state index contributed by atoms with van der Waals surface area (Å²) in [6.07, 6.45) is 7.10.